The van der Waals surface area contributed by atoms with Crippen molar-refractivity contribution >= 4 is 5.97 Å². The van der Waals surface area contributed by atoms with Gasteiger partial charge in [0.1, 0.15) is 23.4 Å². The summed E-state index contributed by atoms with van der Waals surface area (Å²) in [4.78, 5) is 11.5. The Morgan fingerprint density at radius 3 is 2.58 bits per heavy atom. The molecule has 3 rings (SSSR count). The molecule has 2 atom stereocenters. The Kier molecular flexibility index (Phi) is 5.60. The number of methoxy groups -OCH3 is 1. The molecule has 1 fully saturated rings. The van der Waals surface area contributed by atoms with Crippen molar-refractivity contribution in [1.82, 2.24) is 10.9 Å². The standard InChI is InChI=1S/C19H22N2O5/c1-3-25-14-8-9-15(16(22)10-14)18-17(11-20-21-18)26-13-6-4-12(5-7-13)19(23)24-2/h4-10,17-18,20-22H,3,11H2,1-2H3. The summed E-state index contributed by atoms with van der Waals surface area (Å²) < 4.78 is 16.1. The monoisotopic (exact) mass is 358 g/mol. The second kappa shape index (κ2) is 8.07. The van der Waals surface area contributed by atoms with Crippen LogP contribution in [0.3, 0.4) is 0 Å². The number of ether oxygens (including phenoxy) is 3. The van der Waals surface area contributed by atoms with Gasteiger partial charge < -0.3 is 19.3 Å². The Morgan fingerprint density at radius 1 is 1.19 bits per heavy atom. The number of hydrogen-bond donors (Lipinski definition) is 3. The zero-order valence-corrected chi connectivity index (χ0v) is 14.7. The SMILES string of the molecule is CCOc1ccc(C2NNCC2Oc2ccc(C(=O)OC)cc2)c(O)c1. The van der Waals surface area contributed by atoms with Gasteiger partial charge in [-0.3, -0.25) is 5.43 Å². The lowest BCUT2D eigenvalue weighted by Gasteiger charge is -2.21. The Bertz CT molecular complexity index is 763. The van der Waals surface area contributed by atoms with Gasteiger partial charge in [0.2, 0.25) is 0 Å². The molecule has 2 aromatic carbocycles. The van der Waals surface area contributed by atoms with Crippen molar-refractivity contribution in [2.45, 2.75) is 19.1 Å². The second-order valence-corrected chi connectivity index (χ2v) is 5.83. The molecule has 1 heterocycles. The third-order valence-electron chi connectivity index (χ3n) is 4.14. The van der Waals surface area contributed by atoms with Crippen LogP contribution in [-0.2, 0) is 4.74 Å². The molecule has 1 saturated heterocycles. The first-order chi connectivity index (χ1) is 12.6. The number of esters is 1. The van der Waals surface area contributed by atoms with Gasteiger partial charge in [-0.05, 0) is 43.3 Å². The summed E-state index contributed by atoms with van der Waals surface area (Å²) in [5.74, 6) is 1.00. The van der Waals surface area contributed by atoms with Crippen molar-refractivity contribution in [1.29, 1.82) is 0 Å². The van der Waals surface area contributed by atoms with Crippen molar-refractivity contribution < 1.29 is 24.1 Å². The lowest BCUT2D eigenvalue weighted by Crippen LogP contribution is -2.28. The second-order valence-electron chi connectivity index (χ2n) is 5.83. The molecule has 0 saturated carbocycles. The van der Waals surface area contributed by atoms with Crippen LogP contribution >= 0.6 is 0 Å². The van der Waals surface area contributed by atoms with Gasteiger partial charge in [0.15, 0.2) is 0 Å². The normalized spacial score (nSPS) is 19.2. The molecule has 0 radical (unpaired) electrons. The Hall–Kier alpha value is -2.77. The van der Waals surface area contributed by atoms with Crippen LogP contribution in [0.1, 0.15) is 28.9 Å². The van der Waals surface area contributed by atoms with Gasteiger partial charge in [0.25, 0.3) is 0 Å². The maximum atomic E-state index is 11.5. The summed E-state index contributed by atoms with van der Waals surface area (Å²) in [7, 11) is 1.34. The van der Waals surface area contributed by atoms with Crippen LogP contribution in [0.15, 0.2) is 42.5 Å². The minimum absolute atomic E-state index is 0.145. The van der Waals surface area contributed by atoms with Crippen LogP contribution in [0.5, 0.6) is 17.2 Å². The number of phenolic OH excluding ortho intramolecular Hbond substituents is 1. The fourth-order valence-electron chi connectivity index (χ4n) is 2.87. The highest BCUT2D eigenvalue weighted by Crippen LogP contribution is 2.33. The number of rotatable bonds is 6. The highest BCUT2D eigenvalue weighted by molar-refractivity contribution is 5.89. The van der Waals surface area contributed by atoms with E-state index in [-0.39, 0.29) is 17.9 Å². The number of nitrogens with one attached hydrogen (secondary N) is 2. The molecule has 0 aromatic heterocycles. The highest BCUT2D eigenvalue weighted by atomic mass is 16.5. The first kappa shape index (κ1) is 18.0. The number of hydrogen-bond acceptors (Lipinski definition) is 7. The minimum atomic E-state index is -0.391. The number of hydrazine groups is 1. The molecule has 0 bridgehead atoms. The van der Waals surface area contributed by atoms with Gasteiger partial charge in [-0.2, -0.15) is 0 Å². The molecule has 1 aliphatic rings. The van der Waals surface area contributed by atoms with E-state index in [1.54, 1.807) is 30.3 Å². The van der Waals surface area contributed by atoms with Gasteiger partial charge in [-0.25, -0.2) is 10.2 Å². The van der Waals surface area contributed by atoms with Crippen molar-refractivity contribution in [2.75, 3.05) is 20.3 Å². The largest absolute Gasteiger partial charge is 0.507 e. The average Bonchev–Trinajstić information content (AvgIpc) is 3.10. The van der Waals surface area contributed by atoms with E-state index in [9.17, 15) is 9.90 Å². The summed E-state index contributed by atoms with van der Waals surface area (Å²) in [6.07, 6.45) is -0.233. The molecule has 7 heteroatoms. The van der Waals surface area contributed by atoms with Crippen LogP contribution in [0.4, 0.5) is 0 Å². The summed E-state index contributed by atoms with van der Waals surface area (Å²) in [6, 6.07) is 11.8. The summed E-state index contributed by atoms with van der Waals surface area (Å²) in [5, 5.41) is 10.3. The fourth-order valence-corrected chi connectivity index (χ4v) is 2.87. The van der Waals surface area contributed by atoms with Crippen molar-refractivity contribution in [2.24, 2.45) is 0 Å². The van der Waals surface area contributed by atoms with E-state index in [2.05, 4.69) is 15.6 Å². The van der Waals surface area contributed by atoms with E-state index in [0.717, 1.165) is 5.56 Å². The molecule has 0 aliphatic carbocycles. The van der Waals surface area contributed by atoms with E-state index < -0.39 is 5.97 Å². The molecule has 3 N–H and O–H groups in total. The third-order valence-corrected chi connectivity index (χ3v) is 4.14. The molecule has 1 aliphatic heterocycles. The molecule has 0 spiro atoms. The summed E-state index contributed by atoms with van der Waals surface area (Å²) in [6.45, 7) is 2.99. The predicted molar refractivity (Wildman–Crippen MR) is 95.4 cm³/mol. The smallest absolute Gasteiger partial charge is 0.337 e. The Labute approximate surface area is 151 Å². The Balaban J connectivity index is 1.73. The molecular weight excluding hydrogens is 336 g/mol. The van der Waals surface area contributed by atoms with Crippen LogP contribution in [-0.4, -0.2) is 37.4 Å². The molecular formula is C19H22N2O5. The number of aromatic hydroxyl groups is 1. The zero-order valence-electron chi connectivity index (χ0n) is 14.7. The fraction of sp³-hybridized carbons (Fsp3) is 0.316. The topological polar surface area (TPSA) is 89.0 Å². The van der Waals surface area contributed by atoms with Crippen LogP contribution in [0.25, 0.3) is 0 Å². The first-order valence-electron chi connectivity index (χ1n) is 8.41. The van der Waals surface area contributed by atoms with E-state index in [4.69, 9.17) is 9.47 Å². The van der Waals surface area contributed by atoms with Crippen molar-refractivity contribution in [3.63, 3.8) is 0 Å². The van der Waals surface area contributed by atoms with Crippen LogP contribution in [0, 0.1) is 0 Å². The van der Waals surface area contributed by atoms with E-state index in [1.807, 2.05) is 19.1 Å². The van der Waals surface area contributed by atoms with Crippen LogP contribution < -0.4 is 20.3 Å². The lowest BCUT2D eigenvalue weighted by molar-refractivity contribution is 0.0600. The molecule has 138 valence electrons. The van der Waals surface area contributed by atoms with E-state index in [0.29, 0.717) is 30.2 Å². The Morgan fingerprint density at radius 2 is 1.92 bits per heavy atom. The van der Waals surface area contributed by atoms with E-state index >= 15 is 0 Å². The average molecular weight is 358 g/mol. The van der Waals surface area contributed by atoms with E-state index in [1.165, 1.54) is 7.11 Å². The van der Waals surface area contributed by atoms with Crippen molar-refractivity contribution in [3.8, 4) is 17.2 Å². The van der Waals surface area contributed by atoms with Gasteiger partial charge in [-0.1, -0.05) is 0 Å². The van der Waals surface area contributed by atoms with Gasteiger partial charge in [0, 0.05) is 18.2 Å². The van der Waals surface area contributed by atoms with Gasteiger partial charge >= 0.3 is 5.97 Å². The number of benzene rings is 2. The van der Waals surface area contributed by atoms with Gasteiger partial charge in [-0.15, -0.1) is 0 Å². The molecule has 2 unspecified atom stereocenters. The molecule has 0 amide bonds. The number of phenols is 1. The van der Waals surface area contributed by atoms with Gasteiger partial charge in [0.05, 0.1) is 25.3 Å². The maximum Gasteiger partial charge on any atom is 0.337 e. The molecule has 2 aromatic rings. The lowest BCUT2D eigenvalue weighted by atomic mass is 10.0. The first-order valence-corrected chi connectivity index (χ1v) is 8.41. The quantitative estimate of drug-likeness (QED) is 0.682. The molecule has 7 nitrogen and oxygen atoms in total. The number of carbonyl (C=O) groups excluding carboxylic acids is 1. The predicted octanol–water partition coefficient (Wildman–Crippen LogP) is 2.17. The van der Waals surface area contributed by atoms with Crippen molar-refractivity contribution in [3.05, 3.63) is 53.6 Å². The maximum absolute atomic E-state index is 11.5. The highest BCUT2D eigenvalue weighted by Gasteiger charge is 2.32. The summed E-state index contributed by atoms with van der Waals surface area (Å²) >= 11 is 0. The minimum Gasteiger partial charge on any atom is -0.507 e. The summed E-state index contributed by atoms with van der Waals surface area (Å²) in [5.41, 5.74) is 7.36. The zero-order chi connectivity index (χ0) is 18.5. The third kappa shape index (κ3) is 3.89. The number of carbonyl (C=O) groups is 1. The molecule has 26 heavy (non-hydrogen) atoms. The van der Waals surface area contributed by atoms with Crippen LogP contribution in [0.2, 0.25) is 0 Å².